The first-order chi connectivity index (χ1) is 10.9. The van der Waals surface area contributed by atoms with E-state index in [4.69, 9.17) is 0 Å². The molecule has 0 radical (unpaired) electrons. The summed E-state index contributed by atoms with van der Waals surface area (Å²) in [5, 5.41) is 0. The Kier molecular flexibility index (Phi) is 3.48. The van der Waals surface area contributed by atoms with Gasteiger partial charge in [0.25, 0.3) is 0 Å². The molecule has 0 aliphatic heterocycles. The molecule has 4 rings (SSSR count). The molecule has 0 saturated carbocycles. The zero-order valence-electron chi connectivity index (χ0n) is 12.6. The third-order valence-corrected chi connectivity index (χ3v) is 4.59. The first-order valence-electron chi connectivity index (χ1n) is 8.00. The molecule has 2 aliphatic carbocycles. The quantitative estimate of drug-likeness (QED) is 0.674. The summed E-state index contributed by atoms with van der Waals surface area (Å²) in [6.07, 6.45) is 8.71. The summed E-state index contributed by atoms with van der Waals surface area (Å²) in [5.74, 6) is 0. The Balaban J connectivity index is 1.62. The normalized spacial score (nSPS) is 18.8. The van der Waals surface area contributed by atoms with Crippen LogP contribution in [0.1, 0.15) is 36.0 Å². The molecule has 0 amide bonds. The maximum atomic E-state index is 4.57. The minimum atomic E-state index is 1.08. The van der Waals surface area contributed by atoms with E-state index < -0.39 is 0 Å². The number of fused-ring (bicyclic) bond motifs is 2. The van der Waals surface area contributed by atoms with Gasteiger partial charge in [0, 0.05) is 12.4 Å². The topological polar surface area (TPSA) is 12.4 Å². The lowest BCUT2D eigenvalue weighted by Gasteiger charge is -2.17. The van der Waals surface area contributed by atoms with Crippen molar-refractivity contribution in [3.8, 4) is 0 Å². The number of benzene rings is 2. The van der Waals surface area contributed by atoms with E-state index in [1.165, 1.54) is 35.1 Å². The summed E-state index contributed by atoms with van der Waals surface area (Å²) in [6.45, 7) is 0. The molecule has 1 nitrogen and oxygen atoms in total. The minimum Gasteiger partial charge on any atom is -0.264 e. The fraction of sp³-hybridized carbons (Fsp3) is 0.190. The van der Waals surface area contributed by atoms with Crippen LogP contribution in [0.25, 0.3) is 5.57 Å². The van der Waals surface area contributed by atoms with Crippen molar-refractivity contribution in [1.29, 1.82) is 0 Å². The highest BCUT2D eigenvalue weighted by Gasteiger charge is 2.25. The molecule has 22 heavy (non-hydrogen) atoms. The summed E-state index contributed by atoms with van der Waals surface area (Å²) >= 11 is 0. The van der Waals surface area contributed by atoms with Crippen LogP contribution in [0.4, 0.5) is 0 Å². The molecule has 0 fully saturated rings. The maximum Gasteiger partial charge on any atom is 0.0340 e. The van der Waals surface area contributed by atoms with E-state index in [0.717, 1.165) is 18.4 Å². The Morgan fingerprint density at radius 1 is 0.818 bits per heavy atom. The van der Waals surface area contributed by atoms with Gasteiger partial charge >= 0.3 is 0 Å². The fourth-order valence-electron chi connectivity index (χ4n) is 3.52. The molecule has 0 aromatic heterocycles. The van der Waals surface area contributed by atoms with Crippen LogP contribution >= 0.6 is 0 Å². The van der Waals surface area contributed by atoms with Crippen molar-refractivity contribution >= 4 is 11.8 Å². The summed E-state index contributed by atoms with van der Waals surface area (Å²) in [5.41, 5.74) is 8.60. The molecule has 0 saturated heterocycles. The van der Waals surface area contributed by atoms with Crippen LogP contribution in [0, 0.1) is 0 Å². The number of aliphatic imine (C=N–C) groups is 1. The Bertz CT molecular complexity index is 779. The number of hydrogen-bond acceptors (Lipinski definition) is 1. The van der Waals surface area contributed by atoms with E-state index in [0.29, 0.717) is 0 Å². The molecule has 2 aromatic rings. The number of nitrogens with zero attached hydrogens (tertiary/aromatic N) is 1. The lowest BCUT2D eigenvalue weighted by molar-refractivity contribution is 0.813. The standard InChI is InChI=1S/C21H19N/c1-2-7-16(8-3-1)14-22-15-18-10-6-12-20-19-11-5-4-9-17(19)13-21(18)20/h1-5,7-9,11,14-15H,6,10,12-13H2/b18-15-,22-14?. The van der Waals surface area contributed by atoms with E-state index in [-0.39, 0.29) is 0 Å². The van der Waals surface area contributed by atoms with E-state index in [9.17, 15) is 0 Å². The van der Waals surface area contributed by atoms with E-state index in [1.54, 1.807) is 5.57 Å². The summed E-state index contributed by atoms with van der Waals surface area (Å²) in [7, 11) is 0. The van der Waals surface area contributed by atoms with Crippen LogP contribution in [0.15, 0.2) is 76.9 Å². The predicted molar refractivity (Wildman–Crippen MR) is 93.0 cm³/mol. The lowest BCUT2D eigenvalue weighted by Crippen LogP contribution is -1.99. The van der Waals surface area contributed by atoms with Crippen LogP contribution in [0.3, 0.4) is 0 Å². The van der Waals surface area contributed by atoms with Crippen molar-refractivity contribution in [3.63, 3.8) is 0 Å². The van der Waals surface area contributed by atoms with Gasteiger partial charge < -0.3 is 0 Å². The van der Waals surface area contributed by atoms with E-state index >= 15 is 0 Å². The summed E-state index contributed by atoms with van der Waals surface area (Å²) in [6, 6.07) is 19.1. The molecule has 0 heterocycles. The highest BCUT2D eigenvalue weighted by Crippen LogP contribution is 2.43. The predicted octanol–water partition coefficient (Wildman–Crippen LogP) is 5.18. The molecule has 2 aliphatic rings. The largest absolute Gasteiger partial charge is 0.264 e. The number of allylic oxidation sites excluding steroid dienone is 3. The zero-order valence-corrected chi connectivity index (χ0v) is 12.6. The van der Waals surface area contributed by atoms with Crippen molar-refractivity contribution < 1.29 is 0 Å². The average molecular weight is 285 g/mol. The number of hydrogen-bond donors (Lipinski definition) is 0. The third kappa shape index (κ3) is 2.43. The SMILES string of the molecule is C(=N/C=C1/CCCC2=C1Cc1ccccc12)c1ccccc1. The molecule has 0 atom stereocenters. The lowest BCUT2D eigenvalue weighted by atomic mass is 9.88. The van der Waals surface area contributed by atoms with Crippen LogP contribution in [-0.2, 0) is 6.42 Å². The van der Waals surface area contributed by atoms with Crippen LogP contribution in [-0.4, -0.2) is 6.21 Å². The molecular weight excluding hydrogens is 266 g/mol. The van der Waals surface area contributed by atoms with Gasteiger partial charge in [-0.3, -0.25) is 4.99 Å². The van der Waals surface area contributed by atoms with Crippen molar-refractivity contribution in [2.45, 2.75) is 25.7 Å². The van der Waals surface area contributed by atoms with Crippen molar-refractivity contribution in [2.24, 2.45) is 4.99 Å². The second-order valence-corrected chi connectivity index (χ2v) is 5.99. The molecule has 1 heteroatoms. The molecule has 0 bridgehead atoms. The van der Waals surface area contributed by atoms with Gasteiger partial charge in [-0.15, -0.1) is 0 Å². The fourth-order valence-corrected chi connectivity index (χ4v) is 3.52. The summed E-state index contributed by atoms with van der Waals surface area (Å²) < 4.78 is 0. The monoisotopic (exact) mass is 285 g/mol. The Hall–Kier alpha value is -2.41. The number of rotatable bonds is 2. The van der Waals surface area contributed by atoms with Gasteiger partial charge in [0.2, 0.25) is 0 Å². The van der Waals surface area contributed by atoms with Gasteiger partial charge in [0.1, 0.15) is 0 Å². The van der Waals surface area contributed by atoms with E-state index in [1.807, 2.05) is 24.4 Å². The average Bonchev–Trinajstić information content (AvgIpc) is 2.96. The molecule has 0 spiro atoms. The second kappa shape index (κ2) is 5.76. The second-order valence-electron chi connectivity index (χ2n) is 5.99. The third-order valence-electron chi connectivity index (χ3n) is 4.59. The smallest absolute Gasteiger partial charge is 0.0340 e. The zero-order chi connectivity index (χ0) is 14.8. The Morgan fingerprint density at radius 2 is 1.64 bits per heavy atom. The Morgan fingerprint density at radius 3 is 2.55 bits per heavy atom. The highest BCUT2D eigenvalue weighted by molar-refractivity contribution is 5.82. The van der Waals surface area contributed by atoms with Gasteiger partial charge in [-0.05, 0) is 59.1 Å². The van der Waals surface area contributed by atoms with Crippen LogP contribution in [0.5, 0.6) is 0 Å². The van der Waals surface area contributed by atoms with Crippen LogP contribution in [0.2, 0.25) is 0 Å². The van der Waals surface area contributed by atoms with Crippen molar-refractivity contribution in [2.75, 3.05) is 0 Å². The van der Waals surface area contributed by atoms with Crippen molar-refractivity contribution in [1.82, 2.24) is 0 Å². The molecule has 108 valence electrons. The van der Waals surface area contributed by atoms with Gasteiger partial charge in [-0.25, -0.2) is 0 Å². The Labute approximate surface area is 131 Å². The highest BCUT2D eigenvalue weighted by atomic mass is 14.7. The maximum absolute atomic E-state index is 4.57. The summed E-state index contributed by atoms with van der Waals surface area (Å²) in [4.78, 5) is 4.57. The van der Waals surface area contributed by atoms with Gasteiger partial charge in [-0.1, -0.05) is 54.6 Å². The molecule has 0 unspecified atom stereocenters. The molecular formula is C21H19N. The molecule has 0 N–H and O–H groups in total. The van der Waals surface area contributed by atoms with Gasteiger partial charge in [0.15, 0.2) is 0 Å². The van der Waals surface area contributed by atoms with Gasteiger partial charge in [-0.2, -0.15) is 0 Å². The molecule has 2 aromatic carbocycles. The minimum absolute atomic E-state index is 1.08. The van der Waals surface area contributed by atoms with Gasteiger partial charge in [0.05, 0.1) is 0 Å². The van der Waals surface area contributed by atoms with Crippen LogP contribution < -0.4 is 0 Å². The van der Waals surface area contributed by atoms with Crippen molar-refractivity contribution in [3.05, 3.63) is 88.6 Å². The first-order valence-corrected chi connectivity index (χ1v) is 8.00. The first kappa shape index (κ1) is 13.3. The van der Waals surface area contributed by atoms with E-state index in [2.05, 4.69) is 47.6 Å².